The van der Waals surface area contributed by atoms with Gasteiger partial charge in [0.25, 0.3) is 5.91 Å². The van der Waals surface area contributed by atoms with Gasteiger partial charge in [0.2, 0.25) is 0 Å². The summed E-state index contributed by atoms with van der Waals surface area (Å²) in [6.07, 6.45) is 6.91. The van der Waals surface area contributed by atoms with Gasteiger partial charge < -0.3 is 10.4 Å². The lowest BCUT2D eigenvalue weighted by atomic mass is 10.1. The monoisotopic (exact) mass is 287 g/mol. The van der Waals surface area contributed by atoms with Gasteiger partial charge in [-0.15, -0.1) is 0 Å². The lowest BCUT2D eigenvalue weighted by molar-refractivity contribution is -0.138. The average molecular weight is 287 g/mol. The van der Waals surface area contributed by atoms with Gasteiger partial charge in [0.15, 0.2) is 0 Å². The van der Waals surface area contributed by atoms with Crippen LogP contribution in [0.3, 0.4) is 0 Å². The van der Waals surface area contributed by atoms with Crippen LogP contribution in [0.4, 0.5) is 0 Å². The van der Waals surface area contributed by atoms with Crippen molar-refractivity contribution in [1.29, 1.82) is 0 Å². The summed E-state index contributed by atoms with van der Waals surface area (Å²) in [6, 6.07) is 0.124. The first-order valence-corrected chi connectivity index (χ1v) is 7.48. The summed E-state index contributed by atoms with van der Waals surface area (Å²) in [5.74, 6) is -0.0173. The van der Waals surface area contributed by atoms with Crippen molar-refractivity contribution in [1.82, 2.24) is 15.3 Å². The Morgan fingerprint density at radius 3 is 2.71 bits per heavy atom. The van der Waals surface area contributed by atoms with Gasteiger partial charge in [0.1, 0.15) is 6.33 Å². The molecule has 21 heavy (non-hydrogen) atoms. The number of amides is 1. The number of hydrogen-bond acceptors (Lipinski definition) is 4. The molecule has 6 nitrogen and oxygen atoms in total. The molecule has 2 N–H and O–H groups in total. The third kappa shape index (κ3) is 2.39. The maximum Gasteiger partial charge on any atom is 0.306 e. The summed E-state index contributed by atoms with van der Waals surface area (Å²) in [5.41, 5.74) is 1.44. The van der Waals surface area contributed by atoms with Gasteiger partial charge >= 0.3 is 5.97 Å². The van der Waals surface area contributed by atoms with Gasteiger partial charge in [-0.25, -0.2) is 9.97 Å². The molecule has 0 aromatic carbocycles. The Morgan fingerprint density at radius 1 is 1.24 bits per heavy atom. The highest BCUT2D eigenvalue weighted by Crippen LogP contribution is 2.54. The number of carboxylic acid groups (broad SMARTS) is 1. The Bertz CT molecular complexity index is 614. The van der Waals surface area contributed by atoms with Gasteiger partial charge in [-0.3, -0.25) is 9.59 Å². The summed E-state index contributed by atoms with van der Waals surface area (Å²) in [7, 11) is 0. The molecular weight excluding hydrogens is 270 g/mol. The lowest BCUT2D eigenvalue weighted by Gasteiger charge is -2.07. The number of nitrogens with one attached hydrogen (secondary N) is 1. The third-order valence-electron chi connectivity index (χ3n) is 4.81. The van der Waals surface area contributed by atoms with Crippen molar-refractivity contribution < 1.29 is 14.7 Å². The van der Waals surface area contributed by atoms with Crippen molar-refractivity contribution in [2.45, 2.75) is 37.6 Å². The second kappa shape index (κ2) is 4.51. The Balaban J connectivity index is 1.38. The molecule has 0 saturated heterocycles. The first kappa shape index (κ1) is 12.7. The number of carbonyl (C=O) groups excluding carboxylic acids is 1. The van der Waals surface area contributed by atoms with Crippen molar-refractivity contribution in [3.63, 3.8) is 0 Å². The van der Waals surface area contributed by atoms with E-state index in [2.05, 4.69) is 15.3 Å². The second-order valence-electron chi connectivity index (χ2n) is 6.42. The maximum absolute atomic E-state index is 12.3. The largest absolute Gasteiger partial charge is 0.481 e. The molecule has 1 amide bonds. The number of hydrogen-bond donors (Lipinski definition) is 2. The smallest absolute Gasteiger partial charge is 0.306 e. The van der Waals surface area contributed by atoms with Crippen LogP contribution in [0, 0.1) is 17.8 Å². The second-order valence-corrected chi connectivity index (χ2v) is 6.42. The molecule has 1 aromatic heterocycles. The third-order valence-corrected chi connectivity index (χ3v) is 4.81. The molecule has 0 unspecified atom stereocenters. The fraction of sp³-hybridized carbons (Fsp3) is 0.600. The molecule has 3 fully saturated rings. The lowest BCUT2D eigenvalue weighted by Crippen LogP contribution is -2.28. The molecular formula is C15H17N3O3. The highest BCUT2D eigenvalue weighted by atomic mass is 16.4. The zero-order chi connectivity index (χ0) is 14.6. The van der Waals surface area contributed by atoms with E-state index in [0.29, 0.717) is 17.4 Å². The number of aromatic nitrogens is 2. The van der Waals surface area contributed by atoms with Crippen LogP contribution in [0.25, 0.3) is 0 Å². The molecule has 3 saturated carbocycles. The van der Waals surface area contributed by atoms with Gasteiger partial charge in [0.05, 0.1) is 17.2 Å². The number of rotatable bonds is 5. The van der Waals surface area contributed by atoms with E-state index in [1.807, 2.05) is 0 Å². The van der Waals surface area contributed by atoms with Crippen LogP contribution in [0.1, 0.15) is 47.7 Å². The minimum Gasteiger partial charge on any atom is -0.481 e. The number of aliphatic carboxylic acids is 1. The summed E-state index contributed by atoms with van der Waals surface area (Å²) in [5, 5.41) is 12.0. The van der Waals surface area contributed by atoms with E-state index in [4.69, 9.17) is 5.11 Å². The molecule has 0 spiro atoms. The van der Waals surface area contributed by atoms with Crippen molar-refractivity contribution in [3.8, 4) is 0 Å². The predicted octanol–water partition coefficient (Wildman–Crippen LogP) is 1.19. The van der Waals surface area contributed by atoms with Crippen molar-refractivity contribution in [3.05, 3.63) is 23.8 Å². The quantitative estimate of drug-likeness (QED) is 0.848. The molecule has 0 bridgehead atoms. The van der Waals surface area contributed by atoms with Gasteiger partial charge in [-0.05, 0) is 37.5 Å². The van der Waals surface area contributed by atoms with Crippen molar-refractivity contribution in [2.75, 3.05) is 0 Å². The fourth-order valence-electron chi connectivity index (χ4n) is 3.27. The van der Waals surface area contributed by atoms with Crippen LogP contribution in [0.2, 0.25) is 0 Å². The average Bonchev–Trinajstić information content (AvgIpc) is 3.34. The van der Waals surface area contributed by atoms with Crippen LogP contribution < -0.4 is 5.32 Å². The van der Waals surface area contributed by atoms with Gasteiger partial charge in [-0.1, -0.05) is 0 Å². The van der Waals surface area contributed by atoms with E-state index >= 15 is 0 Å². The van der Waals surface area contributed by atoms with E-state index in [-0.39, 0.29) is 23.8 Å². The van der Waals surface area contributed by atoms with Gasteiger partial charge in [0, 0.05) is 18.2 Å². The first-order chi connectivity index (χ1) is 10.1. The minimum atomic E-state index is -0.704. The van der Waals surface area contributed by atoms with Crippen LogP contribution in [0.15, 0.2) is 12.5 Å². The highest BCUT2D eigenvalue weighted by Gasteiger charge is 2.57. The minimum absolute atomic E-state index is 0.113. The Hall–Kier alpha value is -1.98. The molecule has 110 valence electrons. The normalized spacial score (nSPS) is 33.3. The molecule has 1 heterocycles. The van der Waals surface area contributed by atoms with Crippen molar-refractivity contribution in [2.24, 2.45) is 17.8 Å². The number of carbonyl (C=O) groups is 2. The van der Waals surface area contributed by atoms with Crippen LogP contribution >= 0.6 is 0 Å². The number of carboxylic acids is 1. The van der Waals surface area contributed by atoms with E-state index in [0.717, 1.165) is 31.4 Å². The molecule has 0 radical (unpaired) electrons. The fourth-order valence-corrected chi connectivity index (χ4v) is 3.27. The van der Waals surface area contributed by atoms with E-state index < -0.39 is 5.97 Å². The van der Waals surface area contributed by atoms with E-state index in [9.17, 15) is 9.59 Å². The molecule has 4 rings (SSSR count). The van der Waals surface area contributed by atoms with E-state index in [1.165, 1.54) is 6.33 Å². The Morgan fingerprint density at radius 2 is 2.05 bits per heavy atom. The molecule has 6 heteroatoms. The molecule has 4 atom stereocenters. The summed E-state index contributed by atoms with van der Waals surface area (Å²) >= 11 is 0. The van der Waals surface area contributed by atoms with Crippen LogP contribution in [-0.2, 0) is 4.79 Å². The van der Waals surface area contributed by atoms with Crippen LogP contribution in [-0.4, -0.2) is 33.0 Å². The first-order valence-electron chi connectivity index (χ1n) is 7.48. The highest BCUT2D eigenvalue weighted by molar-refractivity contribution is 5.95. The van der Waals surface area contributed by atoms with Gasteiger partial charge in [-0.2, -0.15) is 0 Å². The Labute approximate surface area is 122 Å². The molecule has 0 aliphatic heterocycles. The number of nitrogens with zero attached hydrogens (tertiary/aromatic N) is 2. The SMILES string of the molecule is O=C(N[C@H]1C[C@H]1[C@H]1C[C@H]1C(=O)O)c1cncnc1C1CC1. The summed E-state index contributed by atoms with van der Waals surface area (Å²) in [4.78, 5) is 31.4. The zero-order valence-electron chi connectivity index (χ0n) is 11.5. The maximum atomic E-state index is 12.3. The van der Waals surface area contributed by atoms with Crippen LogP contribution in [0.5, 0.6) is 0 Å². The van der Waals surface area contributed by atoms with E-state index in [1.54, 1.807) is 6.20 Å². The molecule has 3 aliphatic carbocycles. The van der Waals surface area contributed by atoms with Crippen molar-refractivity contribution >= 4 is 11.9 Å². The Kier molecular flexibility index (Phi) is 2.74. The topological polar surface area (TPSA) is 92.2 Å². The molecule has 3 aliphatic rings. The standard InChI is InChI=1S/C15H17N3O3/c19-14(11-5-16-6-17-13(11)7-1-2-7)18-12-4-9(12)8-3-10(8)15(20)21/h5-10,12H,1-4H2,(H,18,19)(H,20,21)/t8-,9+,10-,12+/m1/s1. The molecule has 1 aromatic rings. The summed E-state index contributed by atoms with van der Waals surface area (Å²) in [6.45, 7) is 0. The summed E-state index contributed by atoms with van der Waals surface area (Å²) < 4.78 is 0. The zero-order valence-corrected chi connectivity index (χ0v) is 11.5. The predicted molar refractivity (Wildman–Crippen MR) is 72.6 cm³/mol.